The van der Waals surface area contributed by atoms with Gasteiger partial charge in [-0.15, -0.1) is 24.0 Å². The first-order valence-electron chi connectivity index (χ1n) is 8.89. The first-order valence-corrected chi connectivity index (χ1v) is 10.3. The Bertz CT molecular complexity index is 580. The highest BCUT2D eigenvalue weighted by Crippen LogP contribution is 2.31. The monoisotopic (exact) mass is 514 g/mol. The fourth-order valence-corrected chi connectivity index (χ4v) is 3.47. The average Bonchev–Trinajstić information content (AvgIpc) is 3.09. The van der Waals surface area contributed by atoms with E-state index in [2.05, 4.69) is 31.5 Å². The van der Waals surface area contributed by atoms with Crippen molar-refractivity contribution in [3.05, 3.63) is 24.3 Å². The Hall–Kier alpha value is -0.970. The fourth-order valence-electron chi connectivity index (χ4n) is 2.98. The molecule has 1 fully saturated rings. The number of hydrogen-bond donors (Lipinski definition) is 2. The summed E-state index contributed by atoms with van der Waals surface area (Å²) in [5, 5.41) is 6.75. The molecule has 0 aliphatic carbocycles. The molecular weight excluding hydrogens is 485 g/mol. The maximum Gasteiger partial charge on any atom is 0.387 e. The molecule has 2 rings (SSSR count). The van der Waals surface area contributed by atoms with Crippen molar-refractivity contribution in [1.29, 1.82) is 0 Å². The second-order valence-corrected chi connectivity index (χ2v) is 7.11. The van der Waals surface area contributed by atoms with Gasteiger partial charge in [0.25, 0.3) is 0 Å². The summed E-state index contributed by atoms with van der Waals surface area (Å²) in [5.74, 6) is 2.18. The molecule has 0 amide bonds. The van der Waals surface area contributed by atoms with Crippen LogP contribution in [0.15, 0.2) is 29.3 Å². The zero-order chi connectivity index (χ0) is 18.8. The molecule has 9 heteroatoms. The molecule has 5 nitrogen and oxygen atoms in total. The lowest BCUT2D eigenvalue weighted by molar-refractivity contribution is -0.0495. The zero-order valence-corrected chi connectivity index (χ0v) is 18.9. The zero-order valence-electron chi connectivity index (χ0n) is 15.8. The van der Waals surface area contributed by atoms with E-state index in [1.165, 1.54) is 12.2 Å². The number of hydrogen-bond acceptors (Lipinski definition) is 4. The van der Waals surface area contributed by atoms with Gasteiger partial charge >= 0.3 is 6.61 Å². The minimum absolute atomic E-state index is 0. The number of thioether (sulfide) groups is 1. The van der Waals surface area contributed by atoms with Gasteiger partial charge in [-0.05, 0) is 43.4 Å². The van der Waals surface area contributed by atoms with Crippen molar-refractivity contribution in [3.8, 4) is 5.75 Å². The summed E-state index contributed by atoms with van der Waals surface area (Å²) < 4.78 is 29.8. The molecule has 1 aliphatic rings. The Morgan fingerprint density at radius 1 is 1.37 bits per heavy atom. The highest BCUT2D eigenvalue weighted by Gasteiger charge is 2.25. The van der Waals surface area contributed by atoms with Crippen molar-refractivity contribution >= 4 is 47.4 Å². The van der Waals surface area contributed by atoms with Crippen LogP contribution in [0.1, 0.15) is 19.3 Å². The third-order valence-corrected chi connectivity index (χ3v) is 4.94. The highest BCUT2D eigenvalue weighted by molar-refractivity contribution is 14.0. The summed E-state index contributed by atoms with van der Waals surface area (Å²) in [6, 6.07) is 7.15. The molecule has 0 radical (unpaired) electrons. The van der Waals surface area contributed by atoms with Gasteiger partial charge < -0.3 is 20.3 Å². The molecule has 0 bridgehead atoms. The van der Waals surface area contributed by atoms with E-state index < -0.39 is 6.61 Å². The first kappa shape index (κ1) is 24.1. The summed E-state index contributed by atoms with van der Waals surface area (Å²) in [6.07, 6.45) is 5.32. The number of nitrogens with one attached hydrogen (secondary N) is 2. The number of benzene rings is 1. The maximum atomic E-state index is 12.6. The van der Waals surface area contributed by atoms with Gasteiger partial charge in [-0.3, -0.25) is 4.99 Å². The summed E-state index contributed by atoms with van der Waals surface area (Å²) >= 11 is 1.86. The normalized spacial score (nSPS) is 17.0. The number of rotatable bonds is 9. The van der Waals surface area contributed by atoms with E-state index in [0.717, 1.165) is 38.4 Å². The van der Waals surface area contributed by atoms with Crippen molar-refractivity contribution in [2.75, 3.05) is 43.6 Å². The molecule has 2 N–H and O–H groups in total. The predicted molar refractivity (Wildman–Crippen MR) is 121 cm³/mol. The number of halogens is 3. The lowest BCUT2D eigenvalue weighted by Gasteiger charge is -2.22. The Kier molecular flexibility index (Phi) is 11.8. The maximum absolute atomic E-state index is 12.6. The van der Waals surface area contributed by atoms with Gasteiger partial charge in [0, 0.05) is 32.7 Å². The number of guanidine groups is 1. The van der Waals surface area contributed by atoms with Gasteiger partial charge in [-0.25, -0.2) is 0 Å². The standard InChI is InChI=1S/C18H28F2N4OS.HI/c1-21-18(22-10-5-6-12-26-2)23-14-9-11-24(13-14)15-7-3-4-8-16(15)25-17(19)20;/h3-4,7-8,14,17H,5-6,9-13H2,1-2H3,(H2,21,22,23);1H. The molecule has 1 atom stereocenters. The van der Waals surface area contributed by atoms with Crippen molar-refractivity contribution in [3.63, 3.8) is 0 Å². The number of aliphatic imine (C=N–C) groups is 1. The highest BCUT2D eigenvalue weighted by atomic mass is 127. The number of para-hydroxylation sites is 2. The largest absolute Gasteiger partial charge is 0.433 e. The van der Waals surface area contributed by atoms with Crippen LogP contribution in [-0.2, 0) is 0 Å². The number of unbranched alkanes of at least 4 members (excludes halogenated alkanes) is 1. The van der Waals surface area contributed by atoms with E-state index in [4.69, 9.17) is 0 Å². The number of ether oxygens (including phenoxy) is 1. The average molecular weight is 514 g/mol. The van der Waals surface area contributed by atoms with Gasteiger partial charge in [-0.1, -0.05) is 12.1 Å². The summed E-state index contributed by atoms with van der Waals surface area (Å²) in [7, 11) is 1.76. The molecule has 1 aromatic rings. The smallest absolute Gasteiger partial charge is 0.387 e. The van der Waals surface area contributed by atoms with E-state index in [1.54, 1.807) is 19.2 Å². The van der Waals surface area contributed by atoms with Crippen LogP contribution >= 0.6 is 35.7 Å². The second kappa shape index (κ2) is 13.2. The Morgan fingerprint density at radius 3 is 2.85 bits per heavy atom. The van der Waals surface area contributed by atoms with Gasteiger partial charge in [0.1, 0.15) is 5.75 Å². The second-order valence-electron chi connectivity index (χ2n) is 6.12. The lowest BCUT2D eigenvalue weighted by Crippen LogP contribution is -2.44. The topological polar surface area (TPSA) is 48.9 Å². The van der Waals surface area contributed by atoms with Crippen molar-refractivity contribution in [1.82, 2.24) is 10.6 Å². The fraction of sp³-hybridized carbons (Fsp3) is 0.611. The van der Waals surface area contributed by atoms with E-state index in [1.807, 2.05) is 23.9 Å². The third kappa shape index (κ3) is 8.28. The summed E-state index contributed by atoms with van der Waals surface area (Å²) in [4.78, 5) is 6.34. The molecular formula is C18H29F2IN4OS. The van der Waals surface area contributed by atoms with Crippen LogP contribution in [0.25, 0.3) is 0 Å². The quantitative estimate of drug-likeness (QED) is 0.227. The van der Waals surface area contributed by atoms with E-state index >= 15 is 0 Å². The molecule has 1 unspecified atom stereocenters. The summed E-state index contributed by atoms with van der Waals surface area (Å²) in [5.41, 5.74) is 0.706. The van der Waals surface area contributed by atoms with Crippen LogP contribution in [0.5, 0.6) is 5.75 Å². The Morgan fingerprint density at radius 2 is 2.15 bits per heavy atom. The van der Waals surface area contributed by atoms with Crippen LogP contribution in [0, 0.1) is 0 Å². The van der Waals surface area contributed by atoms with Crippen molar-refractivity contribution in [2.45, 2.75) is 31.9 Å². The molecule has 0 spiro atoms. The van der Waals surface area contributed by atoms with Gasteiger partial charge in [0.2, 0.25) is 0 Å². The van der Waals surface area contributed by atoms with E-state index in [9.17, 15) is 8.78 Å². The SMILES string of the molecule is CN=C(NCCCCSC)NC1CCN(c2ccccc2OC(F)F)C1.I. The van der Waals surface area contributed by atoms with Crippen LogP contribution in [-0.4, -0.2) is 57.3 Å². The number of anilines is 1. The molecule has 0 saturated carbocycles. The van der Waals surface area contributed by atoms with Crippen LogP contribution < -0.4 is 20.3 Å². The molecule has 154 valence electrons. The number of alkyl halides is 2. The molecule has 27 heavy (non-hydrogen) atoms. The number of nitrogens with zero attached hydrogens (tertiary/aromatic N) is 2. The minimum Gasteiger partial charge on any atom is -0.433 e. The van der Waals surface area contributed by atoms with Gasteiger partial charge in [0.05, 0.1) is 5.69 Å². The lowest BCUT2D eigenvalue weighted by atomic mass is 10.2. The van der Waals surface area contributed by atoms with Gasteiger partial charge in [-0.2, -0.15) is 20.5 Å². The summed E-state index contributed by atoms with van der Waals surface area (Å²) in [6.45, 7) is -0.424. The van der Waals surface area contributed by atoms with Crippen molar-refractivity contribution in [2.24, 2.45) is 4.99 Å². The molecule has 1 aliphatic heterocycles. The van der Waals surface area contributed by atoms with Crippen LogP contribution in [0.4, 0.5) is 14.5 Å². The molecule has 1 aromatic carbocycles. The third-order valence-electron chi connectivity index (χ3n) is 4.24. The minimum atomic E-state index is -2.82. The van der Waals surface area contributed by atoms with Gasteiger partial charge in [0.15, 0.2) is 5.96 Å². The molecule has 1 saturated heterocycles. The van der Waals surface area contributed by atoms with E-state index in [0.29, 0.717) is 5.69 Å². The van der Waals surface area contributed by atoms with Crippen LogP contribution in [0.3, 0.4) is 0 Å². The Balaban J connectivity index is 0.00000364. The van der Waals surface area contributed by atoms with Crippen LogP contribution in [0.2, 0.25) is 0 Å². The molecule has 1 heterocycles. The van der Waals surface area contributed by atoms with Crippen molar-refractivity contribution < 1.29 is 13.5 Å². The Labute approximate surface area is 181 Å². The molecule has 0 aromatic heterocycles. The van der Waals surface area contributed by atoms with E-state index in [-0.39, 0.29) is 35.8 Å². The predicted octanol–water partition coefficient (Wildman–Crippen LogP) is 3.79. The first-order chi connectivity index (χ1) is 12.6.